The Balaban J connectivity index is 1.52. The molecule has 1 aliphatic rings. The predicted octanol–water partition coefficient (Wildman–Crippen LogP) is 7.16. The van der Waals surface area contributed by atoms with Gasteiger partial charge in [-0.05, 0) is 30.5 Å². The molecule has 3 heterocycles. The third-order valence-corrected chi connectivity index (χ3v) is 8.04. The first-order valence-corrected chi connectivity index (χ1v) is 13.4. The lowest BCUT2D eigenvalue weighted by Crippen LogP contribution is -2.21. The fraction of sp³-hybridized carbons (Fsp3) is 0.185. The largest absolute Gasteiger partial charge is 0.355 e. The summed E-state index contributed by atoms with van der Waals surface area (Å²) in [5.74, 6) is 1.25. The van der Waals surface area contributed by atoms with Crippen molar-refractivity contribution in [3.05, 3.63) is 81.8 Å². The molecule has 0 radical (unpaired) electrons. The summed E-state index contributed by atoms with van der Waals surface area (Å²) in [6, 6.07) is 22.0. The van der Waals surface area contributed by atoms with E-state index in [9.17, 15) is 10.5 Å². The number of thioether (sulfide) groups is 1. The number of thiazole rings is 1. The van der Waals surface area contributed by atoms with Crippen LogP contribution in [0.4, 0.5) is 5.82 Å². The van der Waals surface area contributed by atoms with Gasteiger partial charge in [0.1, 0.15) is 33.6 Å². The molecular formula is C27H20ClN5S2. The highest BCUT2D eigenvalue weighted by molar-refractivity contribution is 7.98. The number of nitrogens with zero attached hydrogens (tertiary/aromatic N) is 5. The van der Waals surface area contributed by atoms with Crippen LogP contribution in [0, 0.1) is 22.7 Å². The van der Waals surface area contributed by atoms with Crippen LogP contribution in [0.2, 0.25) is 5.02 Å². The van der Waals surface area contributed by atoms with Crippen molar-refractivity contribution in [1.29, 1.82) is 10.5 Å². The molecule has 2 aromatic carbocycles. The number of hydrogen-bond donors (Lipinski definition) is 0. The van der Waals surface area contributed by atoms with E-state index >= 15 is 0 Å². The average molecular weight is 514 g/mol. The molecular weight excluding hydrogens is 494 g/mol. The fourth-order valence-corrected chi connectivity index (χ4v) is 6.09. The highest BCUT2D eigenvalue weighted by atomic mass is 35.5. The van der Waals surface area contributed by atoms with Gasteiger partial charge in [-0.1, -0.05) is 65.8 Å². The lowest BCUT2D eigenvalue weighted by atomic mass is 9.96. The Labute approximate surface area is 217 Å². The molecule has 0 aliphatic carbocycles. The number of nitriles is 2. The molecule has 0 spiro atoms. The van der Waals surface area contributed by atoms with Gasteiger partial charge >= 0.3 is 0 Å². The van der Waals surface area contributed by atoms with Crippen molar-refractivity contribution in [3.8, 4) is 33.8 Å². The summed E-state index contributed by atoms with van der Waals surface area (Å²) in [5.41, 5.74) is 4.36. The Hall–Kier alpha value is -3.36. The zero-order valence-corrected chi connectivity index (χ0v) is 21.1. The van der Waals surface area contributed by atoms with E-state index in [1.807, 2.05) is 60.0 Å². The molecule has 1 saturated heterocycles. The first-order valence-electron chi connectivity index (χ1n) is 11.2. The molecule has 5 rings (SSSR count). The summed E-state index contributed by atoms with van der Waals surface area (Å²) in [7, 11) is 0. The van der Waals surface area contributed by atoms with Crippen LogP contribution in [0.25, 0.3) is 21.7 Å². The summed E-state index contributed by atoms with van der Waals surface area (Å²) in [6.07, 6.45) is 2.14. The Morgan fingerprint density at radius 1 is 0.914 bits per heavy atom. The van der Waals surface area contributed by atoms with Gasteiger partial charge in [-0.2, -0.15) is 10.5 Å². The molecule has 0 N–H and O–H groups in total. The highest BCUT2D eigenvalue weighted by Gasteiger charge is 2.26. The molecule has 172 valence electrons. The smallest absolute Gasteiger partial charge is 0.148 e. The van der Waals surface area contributed by atoms with Crippen LogP contribution in [0.5, 0.6) is 0 Å². The van der Waals surface area contributed by atoms with Crippen LogP contribution in [-0.2, 0) is 5.75 Å². The number of benzene rings is 2. The summed E-state index contributed by atoms with van der Waals surface area (Å²) in [4.78, 5) is 11.8. The van der Waals surface area contributed by atoms with Crippen LogP contribution in [0.15, 0.2) is 65.0 Å². The SMILES string of the molecule is N#Cc1c(SCc2csc(-c3ccc(Cl)cc3)n2)nc(N2CCCC2)c(C#N)c1-c1ccccc1. The van der Waals surface area contributed by atoms with Crippen LogP contribution in [0.3, 0.4) is 0 Å². The molecule has 8 heteroatoms. The van der Waals surface area contributed by atoms with Crippen LogP contribution in [-0.4, -0.2) is 23.1 Å². The monoisotopic (exact) mass is 513 g/mol. The minimum atomic E-state index is 0.439. The van der Waals surface area contributed by atoms with E-state index in [0.29, 0.717) is 38.3 Å². The number of aromatic nitrogens is 2. The van der Waals surface area contributed by atoms with Gasteiger partial charge in [-0.3, -0.25) is 0 Å². The molecule has 4 aromatic rings. The number of halogens is 1. The lowest BCUT2D eigenvalue weighted by molar-refractivity contribution is 0.910. The zero-order valence-electron chi connectivity index (χ0n) is 18.7. The van der Waals surface area contributed by atoms with Gasteiger partial charge in [-0.25, -0.2) is 9.97 Å². The van der Waals surface area contributed by atoms with Crippen molar-refractivity contribution in [2.24, 2.45) is 0 Å². The van der Waals surface area contributed by atoms with E-state index in [0.717, 1.165) is 47.8 Å². The standard InChI is InChI=1S/C27H20ClN5S2/c28-20-10-8-19(9-11-20)26-31-21(16-34-26)17-35-27-23(15-30)24(18-6-2-1-3-7-18)22(14-29)25(32-27)33-12-4-5-13-33/h1-3,6-11,16H,4-5,12-13,17H2. The maximum absolute atomic E-state index is 10.2. The molecule has 5 nitrogen and oxygen atoms in total. The van der Waals surface area contributed by atoms with Crippen molar-refractivity contribution < 1.29 is 0 Å². The van der Waals surface area contributed by atoms with Crippen molar-refractivity contribution in [1.82, 2.24) is 9.97 Å². The van der Waals surface area contributed by atoms with Gasteiger partial charge in [0.15, 0.2) is 0 Å². The normalized spacial score (nSPS) is 12.9. The number of anilines is 1. The van der Waals surface area contributed by atoms with Gasteiger partial charge in [0.05, 0.1) is 11.3 Å². The summed E-state index contributed by atoms with van der Waals surface area (Å²) < 4.78 is 0. The van der Waals surface area contributed by atoms with Gasteiger partial charge in [-0.15, -0.1) is 11.3 Å². The Bertz CT molecular complexity index is 1430. The maximum atomic E-state index is 10.2. The first-order chi connectivity index (χ1) is 17.2. The van der Waals surface area contributed by atoms with E-state index < -0.39 is 0 Å². The van der Waals surface area contributed by atoms with Crippen LogP contribution < -0.4 is 4.90 Å². The van der Waals surface area contributed by atoms with Crippen LogP contribution >= 0.6 is 34.7 Å². The van der Waals surface area contributed by atoms with Gasteiger partial charge in [0, 0.05) is 40.4 Å². The minimum Gasteiger partial charge on any atom is -0.355 e. The van der Waals surface area contributed by atoms with Gasteiger partial charge < -0.3 is 4.90 Å². The van der Waals surface area contributed by atoms with Gasteiger partial charge in [0.25, 0.3) is 0 Å². The topological polar surface area (TPSA) is 76.6 Å². The van der Waals surface area contributed by atoms with Crippen molar-refractivity contribution in [2.45, 2.75) is 23.6 Å². The van der Waals surface area contributed by atoms with Crippen LogP contribution in [0.1, 0.15) is 29.7 Å². The summed E-state index contributed by atoms with van der Waals surface area (Å²) in [5, 5.41) is 24.6. The minimum absolute atomic E-state index is 0.439. The maximum Gasteiger partial charge on any atom is 0.148 e. The van der Waals surface area contributed by atoms with E-state index in [-0.39, 0.29) is 0 Å². The predicted molar refractivity (Wildman–Crippen MR) is 143 cm³/mol. The third kappa shape index (κ3) is 4.90. The summed E-state index contributed by atoms with van der Waals surface area (Å²) in [6.45, 7) is 1.73. The lowest BCUT2D eigenvalue weighted by Gasteiger charge is -2.22. The van der Waals surface area contributed by atoms with Crippen molar-refractivity contribution >= 4 is 40.5 Å². The number of hydrogen-bond acceptors (Lipinski definition) is 7. The zero-order chi connectivity index (χ0) is 24.2. The second-order valence-corrected chi connectivity index (χ2v) is 10.3. The van der Waals surface area contributed by atoms with E-state index in [2.05, 4.69) is 17.0 Å². The van der Waals surface area contributed by atoms with Crippen molar-refractivity contribution in [3.63, 3.8) is 0 Å². The fourth-order valence-electron chi connectivity index (χ4n) is 4.16. The Morgan fingerprint density at radius 3 is 2.31 bits per heavy atom. The van der Waals surface area contributed by atoms with E-state index in [4.69, 9.17) is 21.6 Å². The molecule has 2 aromatic heterocycles. The third-order valence-electron chi connectivity index (χ3n) is 5.84. The van der Waals surface area contributed by atoms with Gasteiger partial charge in [0.2, 0.25) is 0 Å². The molecule has 35 heavy (non-hydrogen) atoms. The van der Waals surface area contributed by atoms with E-state index in [1.165, 1.54) is 11.8 Å². The quantitative estimate of drug-likeness (QED) is 0.254. The molecule has 0 saturated carbocycles. The molecule has 0 bridgehead atoms. The summed E-state index contributed by atoms with van der Waals surface area (Å²) >= 11 is 9.08. The molecule has 1 aliphatic heterocycles. The number of rotatable bonds is 6. The molecule has 1 fully saturated rings. The first kappa shape index (κ1) is 23.4. The Kier molecular flexibility index (Phi) is 7.01. The second-order valence-electron chi connectivity index (χ2n) is 8.09. The molecule has 0 atom stereocenters. The van der Waals surface area contributed by atoms with E-state index in [1.54, 1.807) is 11.3 Å². The average Bonchev–Trinajstić information content (AvgIpc) is 3.60. The highest BCUT2D eigenvalue weighted by Crippen LogP contribution is 2.39. The molecule has 0 unspecified atom stereocenters. The molecule has 0 amide bonds. The number of pyridine rings is 1. The van der Waals surface area contributed by atoms with Crippen molar-refractivity contribution in [2.75, 3.05) is 18.0 Å². The second kappa shape index (κ2) is 10.5. The Morgan fingerprint density at radius 2 is 1.63 bits per heavy atom.